The number of primary amides is 1. The van der Waals surface area contributed by atoms with Crippen molar-refractivity contribution >= 4 is 17.6 Å². The van der Waals surface area contributed by atoms with Crippen LogP contribution in [0.1, 0.15) is 49.4 Å². The first-order valence-corrected chi connectivity index (χ1v) is 8.90. The van der Waals surface area contributed by atoms with Crippen LogP contribution in [0.25, 0.3) is 0 Å². The average molecular weight is 330 g/mol. The Morgan fingerprint density at radius 3 is 2.46 bits per heavy atom. The third-order valence-electron chi connectivity index (χ3n) is 5.40. The van der Waals surface area contributed by atoms with Gasteiger partial charge in [-0.2, -0.15) is 0 Å². The van der Waals surface area contributed by atoms with Crippen LogP contribution in [0.2, 0.25) is 0 Å². The van der Waals surface area contributed by atoms with Gasteiger partial charge in [0, 0.05) is 18.8 Å². The summed E-state index contributed by atoms with van der Waals surface area (Å²) in [5, 5.41) is 0. The first-order chi connectivity index (χ1) is 11.5. The number of carbonyl (C=O) groups excluding carboxylic acids is 2. The van der Waals surface area contributed by atoms with Crippen LogP contribution in [0.5, 0.6) is 0 Å². The quantitative estimate of drug-likeness (QED) is 0.843. The van der Waals surface area contributed by atoms with Crippen molar-refractivity contribution in [1.29, 1.82) is 0 Å². The fraction of sp³-hybridized carbons (Fsp3) is 0.579. The van der Waals surface area contributed by atoms with Crippen LogP contribution < -0.4 is 10.6 Å². The zero-order valence-corrected chi connectivity index (χ0v) is 14.2. The van der Waals surface area contributed by atoms with Crippen molar-refractivity contribution in [3.05, 3.63) is 29.8 Å². The van der Waals surface area contributed by atoms with E-state index >= 15 is 0 Å². The summed E-state index contributed by atoms with van der Waals surface area (Å²) in [6.07, 6.45) is 5.35. The Kier molecular flexibility index (Phi) is 5.07. The second kappa shape index (κ2) is 7.24. The van der Waals surface area contributed by atoms with Gasteiger partial charge in [-0.15, -0.1) is 0 Å². The highest BCUT2D eigenvalue weighted by Crippen LogP contribution is 2.31. The maximum Gasteiger partial charge on any atom is 0.338 e. The van der Waals surface area contributed by atoms with Gasteiger partial charge in [-0.1, -0.05) is 6.42 Å². The minimum Gasteiger partial charge on any atom is -0.459 e. The Morgan fingerprint density at radius 1 is 1.17 bits per heavy atom. The number of rotatable bonds is 5. The molecule has 2 atom stereocenters. The highest BCUT2D eigenvalue weighted by Gasteiger charge is 2.27. The summed E-state index contributed by atoms with van der Waals surface area (Å²) in [4.78, 5) is 25.8. The Balaban J connectivity index is 1.60. The number of anilines is 1. The van der Waals surface area contributed by atoms with Gasteiger partial charge in [-0.25, -0.2) is 4.79 Å². The van der Waals surface area contributed by atoms with Crippen LogP contribution in [0.4, 0.5) is 5.69 Å². The summed E-state index contributed by atoms with van der Waals surface area (Å²) < 4.78 is 5.56. The molecule has 2 fully saturated rings. The molecule has 1 aromatic rings. The van der Waals surface area contributed by atoms with E-state index in [0.29, 0.717) is 18.0 Å². The summed E-state index contributed by atoms with van der Waals surface area (Å²) in [5.74, 6) is -0.0569. The first-order valence-electron chi connectivity index (χ1n) is 8.90. The number of hydrogen-bond acceptors (Lipinski definition) is 4. The standard InChI is InChI=1S/C19H26N2O3/c1-13(14-4-2-5-14)24-19(23)15-7-9-17(10-8-15)21-11-3-6-16(12-21)18(20)22/h7-10,13-14,16H,2-6,11-12H2,1H3,(H2,20,22)/t13-,16-/m0/s1. The summed E-state index contributed by atoms with van der Waals surface area (Å²) in [5.41, 5.74) is 7.03. The van der Waals surface area contributed by atoms with E-state index in [1.54, 1.807) is 12.1 Å². The summed E-state index contributed by atoms with van der Waals surface area (Å²) in [7, 11) is 0. The third kappa shape index (κ3) is 3.71. The molecule has 1 amide bonds. The lowest BCUT2D eigenvalue weighted by Crippen LogP contribution is -2.41. The zero-order valence-electron chi connectivity index (χ0n) is 14.2. The van der Waals surface area contributed by atoms with Crippen LogP contribution in [0.15, 0.2) is 24.3 Å². The fourth-order valence-electron chi connectivity index (χ4n) is 3.49. The molecule has 24 heavy (non-hydrogen) atoms. The van der Waals surface area contributed by atoms with Crippen LogP contribution in [0, 0.1) is 11.8 Å². The molecule has 5 nitrogen and oxygen atoms in total. The molecule has 0 radical (unpaired) electrons. The number of ether oxygens (including phenoxy) is 1. The SMILES string of the molecule is C[C@H](OC(=O)c1ccc(N2CCC[C@H](C(N)=O)C2)cc1)C1CCC1. The topological polar surface area (TPSA) is 72.6 Å². The molecule has 130 valence electrons. The van der Waals surface area contributed by atoms with Crippen molar-refractivity contribution in [2.45, 2.75) is 45.1 Å². The number of amides is 1. The lowest BCUT2D eigenvalue weighted by atomic mass is 9.82. The van der Waals surface area contributed by atoms with E-state index in [-0.39, 0.29) is 23.9 Å². The highest BCUT2D eigenvalue weighted by molar-refractivity contribution is 5.90. The average Bonchev–Trinajstić information content (AvgIpc) is 2.53. The molecular weight excluding hydrogens is 304 g/mol. The van der Waals surface area contributed by atoms with Crippen LogP contribution in [0.3, 0.4) is 0 Å². The van der Waals surface area contributed by atoms with Crippen molar-refractivity contribution in [3.8, 4) is 0 Å². The normalized spacial score (nSPS) is 22.5. The first kappa shape index (κ1) is 16.8. The number of benzene rings is 1. The van der Waals surface area contributed by atoms with Crippen LogP contribution in [-0.4, -0.2) is 31.1 Å². The number of nitrogens with zero attached hydrogens (tertiary/aromatic N) is 1. The third-order valence-corrected chi connectivity index (χ3v) is 5.40. The predicted molar refractivity (Wildman–Crippen MR) is 92.8 cm³/mol. The lowest BCUT2D eigenvalue weighted by Gasteiger charge is -2.33. The minimum absolute atomic E-state index is 0.00986. The van der Waals surface area contributed by atoms with Gasteiger partial charge in [0.2, 0.25) is 5.91 Å². The number of piperidine rings is 1. The highest BCUT2D eigenvalue weighted by atomic mass is 16.5. The molecule has 0 spiro atoms. The van der Waals surface area contributed by atoms with Crippen molar-refractivity contribution in [2.24, 2.45) is 17.6 Å². The van der Waals surface area contributed by atoms with E-state index in [1.807, 2.05) is 19.1 Å². The smallest absolute Gasteiger partial charge is 0.338 e. The number of esters is 1. The summed E-state index contributed by atoms with van der Waals surface area (Å²) >= 11 is 0. The molecule has 0 unspecified atom stereocenters. The molecule has 1 aliphatic carbocycles. The molecule has 5 heteroatoms. The predicted octanol–water partition coefficient (Wildman–Crippen LogP) is 2.73. The summed E-state index contributed by atoms with van der Waals surface area (Å²) in [6, 6.07) is 7.46. The molecule has 1 heterocycles. The second-order valence-electron chi connectivity index (χ2n) is 7.04. The largest absolute Gasteiger partial charge is 0.459 e. The Morgan fingerprint density at radius 2 is 1.88 bits per heavy atom. The van der Waals surface area contributed by atoms with E-state index in [9.17, 15) is 9.59 Å². The molecule has 1 saturated carbocycles. The van der Waals surface area contributed by atoms with E-state index < -0.39 is 0 Å². The Labute approximate surface area is 143 Å². The Bertz CT molecular complexity index is 595. The van der Waals surface area contributed by atoms with E-state index in [1.165, 1.54) is 6.42 Å². The second-order valence-corrected chi connectivity index (χ2v) is 7.04. The number of carbonyl (C=O) groups is 2. The molecule has 1 aromatic carbocycles. The molecular formula is C19H26N2O3. The Hall–Kier alpha value is -2.04. The van der Waals surface area contributed by atoms with E-state index in [4.69, 9.17) is 10.5 Å². The van der Waals surface area contributed by atoms with Gasteiger partial charge < -0.3 is 15.4 Å². The van der Waals surface area contributed by atoms with E-state index in [2.05, 4.69) is 4.90 Å². The molecule has 0 bridgehead atoms. The fourth-order valence-corrected chi connectivity index (χ4v) is 3.49. The van der Waals surface area contributed by atoms with Crippen LogP contribution >= 0.6 is 0 Å². The van der Waals surface area contributed by atoms with Crippen molar-refractivity contribution in [2.75, 3.05) is 18.0 Å². The van der Waals surface area contributed by atoms with Crippen molar-refractivity contribution in [3.63, 3.8) is 0 Å². The molecule has 3 rings (SSSR count). The summed E-state index contributed by atoms with van der Waals surface area (Å²) in [6.45, 7) is 3.54. The van der Waals surface area contributed by atoms with Gasteiger partial charge in [0.05, 0.1) is 11.5 Å². The molecule has 0 aromatic heterocycles. The van der Waals surface area contributed by atoms with Gasteiger partial charge in [0.25, 0.3) is 0 Å². The maximum atomic E-state index is 12.2. The monoisotopic (exact) mass is 330 g/mol. The van der Waals surface area contributed by atoms with Crippen molar-refractivity contribution in [1.82, 2.24) is 0 Å². The zero-order chi connectivity index (χ0) is 17.1. The van der Waals surface area contributed by atoms with Gasteiger partial charge in [-0.05, 0) is 62.8 Å². The molecule has 1 saturated heterocycles. The van der Waals surface area contributed by atoms with Gasteiger partial charge >= 0.3 is 5.97 Å². The van der Waals surface area contributed by atoms with Gasteiger partial charge in [0.15, 0.2) is 0 Å². The number of nitrogens with two attached hydrogens (primary N) is 1. The lowest BCUT2D eigenvalue weighted by molar-refractivity contribution is -0.122. The number of hydrogen-bond donors (Lipinski definition) is 1. The minimum atomic E-state index is -0.255. The molecule has 1 aliphatic heterocycles. The van der Waals surface area contributed by atoms with Gasteiger partial charge in [0.1, 0.15) is 6.10 Å². The molecule has 2 aliphatic rings. The van der Waals surface area contributed by atoms with Crippen LogP contribution in [-0.2, 0) is 9.53 Å². The van der Waals surface area contributed by atoms with Gasteiger partial charge in [-0.3, -0.25) is 4.79 Å². The maximum absolute atomic E-state index is 12.2. The molecule has 2 N–H and O–H groups in total. The van der Waals surface area contributed by atoms with Crippen molar-refractivity contribution < 1.29 is 14.3 Å². The van der Waals surface area contributed by atoms with E-state index in [0.717, 1.165) is 37.9 Å².